The molecule has 0 bridgehead atoms. The summed E-state index contributed by atoms with van der Waals surface area (Å²) < 4.78 is 15.4. The van der Waals surface area contributed by atoms with Crippen LogP contribution >= 0.6 is 0 Å². The molecule has 134 valence electrons. The van der Waals surface area contributed by atoms with E-state index in [1.807, 2.05) is 10.6 Å². The number of anilines is 1. The number of aromatic nitrogens is 5. The predicted octanol–water partition coefficient (Wildman–Crippen LogP) is 3.62. The molecular weight excluding hydrogens is 343 g/mol. The lowest BCUT2D eigenvalue weighted by atomic mass is 10.2. The highest BCUT2D eigenvalue weighted by atomic mass is 19.1. The Morgan fingerprint density at radius 1 is 0.889 bits per heavy atom. The van der Waals surface area contributed by atoms with Crippen molar-refractivity contribution in [2.45, 2.75) is 12.8 Å². The maximum atomic E-state index is 13.4. The highest BCUT2D eigenvalue weighted by Gasteiger charge is 2.18. The van der Waals surface area contributed by atoms with Crippen LogP contribution in [0.15, 0.2) is 55.1 Å². The van der Waals surface area contributed by atoms with Gasteiger partial charge in [0.1, 0.15) is 11.6 Å². The van der Waals surface area contributed by atoms with Crippen LogP contribution in [0.4, 0.5) is 10.3 Å². The molecule has 4 heterocycles. The average molecular weight is 360 g/mol. The van der Waals surface area contributed by atoms with E-state index in [4.69, 9.17) is 4.98 Å². The van der Waals surface area contributed by atoms with Gasteiger partial charge in [0.15, 0.2) is 0 Å². The minimum Gasteiger partial charge on any atom is -0.341 e. The van der Waals surface area contributed by atoms with Crippen LogP contribution in [-0.2, 0) is 0 Å². The minimum atomic E-state index is -0.277. The summed E-state index contributed by atoms with van der Waals surface area (Å²) in [6.45, 7) is 2.00. The highest BCUT2D eigenvalue weighted by Crippen LogP contribution is 2.28. The third kappa shape index (κ3) is 2.81. The molecule has 1 saturated heterocycles. The van der Waals surface area contributed by atoms with Gasteiger partial charge in [0.05, 0.1) is 22.8 Å². The number of halogens is 1. The molecule has 0 unspecified atom stereocenters. The fourth-order valence-electron chi connectivity index (χ4n) is 3.49. The van der Waals surface area contributed by atoms with Crippen LogP contribution in [0.25, 0.3) is 28.1 Å². The van der Waals surface area contributed by atoms with Crippen molar-refractivity contribution in [3.8, 4) is 17.1 Å². The standard InChI is InChI=1S/C20H17FN6/c21-15-3-5-16(6-4-15)27-18-13-22-8-7-17(18)25-19(27)14-11-23-20(24-12-14)26-9-1-2-10-26/h3-8,11-13H,1-2,9-10H2. The number of fused-ring (bicyclic) bond motifs is 1. The van der Waals surface area contributed by atoms with Crippen molar-refractivity contribution in [3.63, 3.8) is 0 Å². The summed E-state index contributed by atoms with van der Waals surface area (Å²) in [5.74, 6) is 1.18. The van der Waals surface area contributed by atoms with E-state index in [1.165, 1.54) is 25.0 Å². The largest absolute Gasteiger partial charge is 0.341 e. The Balaban J connectivity index is 1.64. The SMILES string of the molecule is Fc1ccc(-n2c(-c3cnc(N4CCCC4)nc3)nc3ccncc32)cc1. The number of hydrogen-bond acceptors (Lipinski definition) is 5. The number of pyridine rings is 1. The molecule has 7 heteroatoms. The van der Waals surface area contributed by atoms with E-state index >= 15 is 0 Å². The van der Waals surface area contributed by atoms with Crippen LogP contribution in [0.3, 0.4) is 0 Å². The lowest BCUT2D eigenvalue weighted by Crippen LogP contribution is -2.20. The summed E-state index contributed by atoms with van der Waals surface area (Å²) >= 11 is 0. The molecule has 3 aromatic heterocycles. The average Bonchev–Trinajstić information content (AvgIpc) is 3.37. The fourth-order valence-corrected chi connectivity index (χ4v) is 3.49. The zero-order chi connectivity index (χ0) is 18.2. The Hall–Kier alpha value is -3.35. The van der Waals surface area contributed by atoms with Gasteiger partial charge in [-0.25, -0.2) is 19.3 Å². The normalized spacial score (nSPS) is 14.2. The molecule has 0 N–H and O–H groups in total. The lowest BCUT2D eigenvalue weighted by Gasteiger charge is -2.15. The van der Waals surface area contributed by atoms with E-state index in [9.17, 15) is 4.39 Å². The van der Waals surface area contributed by atoms with Crippen molar-refractivity contribution in [2.75, 3.05) is 18.0 Å². The van der Waals surface area contributed by atoms with Crippen LogP contribution in [0.1, 0.15) is 12.8 Å². The van der Waals surface area contributed by atoms with Gasteiger partial charge in [0.2, 0.25) is 5.95 Å². The van der Waals surface area contributed by atoms with Gasteiger partial charge in [-0.05, 0) is 43.2 Å². The number of rotatable bonds is 3. The van der Waals surface area contributed by atoms with Gasteiger partial charge >= 0.3 is 0 Å². The molecule has 5 rings (SSSR count). The van der Waals surface area contributed by atoms with Crippen LogP contribution < -0.4 is 4.90 Å². The molecule has 0 amide bonds. The zero-order valence-corrected chi connectivity index (χ0v) is 14.6. The Bertz CT molecular complexity index is 1080. The van der Waals surface area contributed by atoms with Gasteiger partial charge in [-0.15, -0.1) is 0 Å². The van der Waals surface area contributed by atoms with Crippen LogP contribution in [-0.4, -0.2) is 37.6 Å². The first-order valence-electron chi connectivity index (χ1n) is 8.95. The second-order valence-electron chi connectivity index (χ2n) is 6.58. The summed E-state index contributed by atoms with van der Waals surface area (Å²) in [5, 5.41) is 0. The van der Waals surface area contributed by atoms with Gasteiger partial charge in [0, 0.05) is 37.4 Å². The number of hydrogen-bond donors (Lipinski definition) is 0. The third-order valence-electron chi connectivity index (χ3n) is 4.83. The first-order valence-corrected chi connectivity index (χ1v) is 8.95. The van der Waals surface area contributed by atoms with Crippen LogP contribution in [0.2, 0.25) is 0 Å². The Morgan fingerprint density at radius 3 is 2.37 bits per heavy atom. The van der Waals surface area contributed by atoms with E-state index in [0.717, 1.165) is 41.3 Å². The zero-order valence-electron chi connectivity index (χ0n) is 14.6. The molecule has 0 aliphatic carbocycles. The smallest absolute Gasteiger partial charge is 0.225 e. The molecule has 0 atom stereocenters. The number of imidazole rings is 1. The molecular formula is C20H17FN6. The van der Waals surface area contributed by atoms with Crippen molar-refractivity contribution in [1.82, 2.24) is 24.5 Å². The quantitative estimate of drug-likeness (QED) is 0.558. The predicted molar refractivity (Wildman–Crippen MR) is 101 cm³/mol. The van der Waals surface area contributed by atoms with Crippen LogP contribution in [0, 0.1) is 5.82 Å². The van der Waals surface area contributed by atoms with E-state index < -0.39 is 0 Å². The first kappa shape index (κ1) is 15.9. The van der Waals surface area contributed by atoms with Gasteiger partial charge < -0.3 is 4.90 Å². The van der Waals surface area contributed by atoms with Gasteiger partial charge in [-0.3, -0.25) is 9.55 Å². The number of benzene rings is 1. The van der Waals surface area contributed by atoms with Crippen molar-refractivity contribution in [3.05, 3.63) is 60.9 Å². The maximum absolute atomic E-state index is 13.4. The van der Waals surface area contributed by atoms with E-state index in [1.54, 1.807) is 36.9 Å². The van der Waals surface area contributed by atoms with Crippen molar-refractivity contribution >= 4 is 17.0 Å². The van der Waals surface area contributed by atoms with Gasteiger partial charge in [0.25, 0.3) is 0 Å². The summed E-state index contributed by atoms with van der Waals surface area (Å²) in [7, 11) is 0. The molecule has 0 radical (unpaired) electrons. The van der Waals surface area contributed by atoms with Gasteiger partial charge in [-0.2, -0.15) is 0 Å². The molecule has 1 aromatic carbocycles. The lowest BCUT2D eigenvalue weighted by molar-refractivity contribution is 0.627. The highest BCUT2D eigenvalue weighted by molar-refractivity contribution is 5.82. The summed E-state index contributed by atoms with van der Waals surface area (Å²) in [5.41, 5.74) is 3.28. The molecule has 4 aromatic rings. The Morgan fingerprint density at radius 2 is 1.63 bits per heavy atom. The summed E-state index contributed by atoms with van der Waals surface area (Å²) in [6, 6.07) is 8.19. The van der Waals surface area contributed by atoms with Gasteiger partial charge in [-0.1, -0.05) is 0 Å². The van der Waals surface area contributed by atoms with Crippen molar-refractivity contribution in [1.29, 1.82) is 0 Å². The van der Waals surface area contributed by atoms with Crippen LogP contribution in [0.5, 0.6) is 0 Å². The Labute approximate surface area is 155 Å². The number of nitrogens with zero attached hydrogens (tertiary/aromatic N) is 6. The van der Waals surface area contributed by atoms with Crippen molar-refractivity contribution in [2.24, 2.45) is 0 Å². The molecule has 1 aliphatic heterocycles. The molecule has 1 aliphatic rings. The van der Waals surface area contributed by atoms with E-state index in [-0.39, 0.29) is 5.82 Å². The Kier molecular flexibility index (Phi) is 3.78. The molecule has 27 heavy (non-hydrogen) atoms. The maximum Gasteiger partial charge on any atom is 0.225 e. The molecule has 0 spiro atoms. The second-order valence-corrected chi connectivity index (χ2v) is 6.58. The summed E-state index contributed by atoms with van der Waals surface area (Å²) in [4.78, 5) is 20.2. The molecule has 0 saturated carbocycles. The topological polar surface area (TPSA) is 59.7 Å². The molecule has 1 fully saturated rings. The van der Waals surface area contributed by atoms with Crippen molar-refractivity contribution < 1.29 is 4.39 Å². The van der Waals surface area contributed by atoms with E-state index in [0.29, 0.717) is 5.82 Å². The van der Waals surface area contributed by atoms with E-state index in [2.05, 4.69) is 19.9 Å². The summed E-state index contributed by atoms with van der Waals surface area (Å²) in [6.07, 6.45) is 9.43. The fraction of sp³-hybridized carbons (Fsp3) is 0.200. The minimum absolute atomic E-state index is 0.277. The monoisotopic (exact) mass is 360 g/mol. The first-order chi connectivity index (χ1) is 13.3. The second kappa shape index (κ2) is 6.42. The third-order valence-corrected chi connectivity index (χ3v) is 4.83. The molecule has 6 nitrogen and oxygen atoms in total.